The van der Waals surface area contributed by atoms with E-state index in [0.29, 0.717) is 18.2 Å². The van der Waals surface area contributed by atoms with Gasteiger partial charge in [0.25, 0.3) is 0 Å². The summed E-state index contributed by atoms with van der Waals surface area (Å²) in [6.07, 6.45) is 3.67. The molecule has 0 aliphatic heterocycles. The summed E-state index contributed by atoms with van der Waals surface area (Å²) in [5, 5.41) is 0. The fourth-order valence-electron chi connectivity index (χ4n) is 1.30. The van der Waals surface area contributed by atoms with E-state index in [0.717, 1.165) is 16.4 Å². The zero-order chi connectivity index (χ0) is 11.3. The number of nitrogen functional groups attached to an aromatic ring is 1. The second kappa shape index (κ2) is 6.22. The van der Waals surface area contributed by atoms with Crippen molar-refractivity contribution in [3.05, 3.63) is 15.6 Å². The van der Waals surface area contributed by atoms with E-state index in [2.05, 4.69) is 39.5 Å². The van der Waals surface area contributed by atoms with E-state index in [-0.39, 0.29) is 6.10 Å². The Balaban J connectivity index is 2.85. The summed E-state index contributed by atoms with van der Waals surface area (Å²) < 4.78 is 6.46. The third-order valence-corrected chi connectivity index (χ3v) is 2.83. The summed E-state index contributed by atoms with van der Waals surface area (Å²) >= 11 is 2.12. The van der Waals surface area contributed by atoms with Gasteiger partial charge in [-0.1, -0.05) is 13.3 Å². The van der Waals surface area contributed by atoms with Crippen molar-refractivity contribution in [3.63, 3.8) is 0 Å². The number of hydrogen-bond acceptors (Lipinski definition) is 4. The first-order chi connectivity index (χ1) is 7.19. The van der Waals surface area contributed by atoms with Gasteiger partial charge in [-0.3, -0.25) is 0 Å². The van der Waals surface area contributed by atoms with Gasteiger partial charge in [0, 0.05) is 12.8 Å². The van der Waals surface area contributed by atoms with Crippen LogP contribution in [0, 0.1) is 3.57 Å². The van der Waals surface area contributed by atoms with Gasteiger partial charge >= 0.3 is 0 Å². The van der Waals surface area contributed by atoms with Gasteiger partial charge in [0.1, 0.15) is 11.9 Å². The van der Waals surface area contributed by atoms with Crippen molar-refractivity contribution in [3.8, 4) is 0 Å². The van der Waals surface area contributed by atoms with Gasteiger partial charge in [-0.2, -0.15) is 0 Å². The Morgan fingerprint density at radius 3 is 2.80 bits per heavy atom. The highest BCUT2D eigenvalue weighted by molar-refractivity contribution is 14.1. The van der Waals surface area contributed by atoms with Crippen LogP contribution in [0.5, 0.6) is 0 Å². The Bertz CT molecular complexity index is 314. The highest BCUT2D eigenvalue weighted by atomic mass is 127. The van der Waals surface area contributed by atoms with E-state index in [1.54, 1.807) is 6.20 Å². The van der Waals surface area contributed by atoms with Crippen molar-refractivity contribution in [2.24, 2.45) is 0 Å². The molecule has 1 rings (SSSR count). The minimum absolute atomic E-state index is 0.0284. The van der Waals surface area contributed by atoms with Crippen LogP contribution in [-0.4, -0.2) is 16.6 Å². The van der Waals surface area contributed by atoms with Gasteiger partial charge in [-0.05, 0) is 35.9 Å². The van der Waals surface area contributed by atoms with Crippen molar-refractivity contribution in [2.45, 2.75) is 32.8 Å². The maximum atomic E-state index is 5.74. The molecule has 0 radical (unpaired) electrons. The maximum absolute atomic E-state index is 5.74. The van der Waals surface area contributed by atoms with Crippen LogP contribution in [-0.2, 0) is 4.74 Å². The molecule has 0 saturated carbocycles. The third-order valence-electron chi connectivity index (χ3n) is 2.00. The maximum Gasteiger partial charge on any atom is 0.159 e. The lowest BCUT2D eigenvalue weighted by Crippen LogP contribution is -2.10. The zero-order valence-electron chi connectivity index (χ0n) is 9.03. The standard InChI is InChI=1S/C10H16IN3O/c1-3-5-8(15-4-2)10-13-6-7(11)9(12)14-10/h6,8H,3-5H2,1-2H3,(H2,12,13,14). The molecule has 0 spiro atoms. The minimum atomic E-state index is -0.0284. The molecule has 84 valence electrons. The number of hydrogen-bond donors (Lipinski definition) is 1. The van der Waals surface area contributed by atoms with Gasteiger partial charge in [-0.25, -0.2) is 9.97 Å². The molecule has 1 atom stereocenters. The van der Waals surface area contributed by atoms with Crippen molar-refractivity contribution < 1.29 is 4.74 Å². The first kappa shape index (κ1) is 12.6. The molecular weight excluding hydrogens is 305 g/mol. The molecule has 15 heavy (non-hydrogen) atoms. The first-order valence-corrected chi connectivity index (χ1v) is 6.16. The van der Waals surface area contributed by atoms with E-state index in [9.17, 15) is 0 Å². The number of nitrogens with zero attached hydrogens (tertiary/aromatic N) is 2. The molecule has 2 N–H and O–H groups in total. The van der Waals surface area contributed by atoms with Crippen molar-refractivity contribution in [1.29, 1.82) is 0 Å². The summed E-state index contributed by atoms with van der Waals surface area (Å²) in [6.45, 7) is 4.75. The molecule has 1 heterocycles. The Hall–Kier alpha value is -0.430. The second-order valence-corrected chi connectivity index (χ2v) is 4.36. The van der Waals surface area contributed by atoms with E-state index in [4.69, 9.17) is 10.5 Å². The smallest absolute Gasteiger partial charge is 0.159 e. The van der Waals surface area contributed by atoms with Crippen LogP contribution in [0.3, 0.4) is 0 Å². The van der Waals surface area contributed by atoms with Crippen molar-refractivity contribution in [2.75, 3.05) is 12.3 Å². The van der Waals surface area contributed by atoms with Crippen molar-refractivity contribution in [1.82, 2.24) is 9.97 Å². The molecule has 1 aromatic rings. The quantitative estimate of drug-likeness (QED) is 0.847. The molecule has 0 aromatic carbocycles. The predicted molar refractivity (Wildman–Crippen MR) is 68.4 cm³/mol. The van der Waals surface area contributed by atoms with Crippen LogP contribution in [0.25, 0.3) is 0 Å². The van der Waals surface area contributed by atoms with E-state index in [1.165, 1.54) is 0 Å². The summed E-state index contributed by atoms with van der Waals surface area (Å²) in [5.74, 6) is 1.22. The highest BCUT2D eigenvalue weighted by Gasteiger charge is 2.14. The van der Waals surface area contributed by atoms with Gasteiger partial charge < -0.3 is 10.5 Å². The topological polar surface area (TPSA) is 61.0 Å². The lowest BCUT2D eigenvalue weighted by Gasteiger charge is -2.14. The van der Waals surface area contributed by atoms with Crippen LogP contribution in [0.4, 0.5) is 5.82 Å². The fourth-order valence-corrected chi connectivity index (χ4v) is 1.56. The van der Waals surface area contributed by atoms with Crippen LogP contribution in [0.2, 0.25) is 0 Å². The summed E-state index contributed by atoms with van der Waals surface area (Å²) in [7, 11) is 0. The largest absolute Gasteiger partial charge is 0.383 e. The Labute approximate surface area is 104 Å². The fraction of sp³-hybridized carbons (Fsp3) is 0.600. The normalized spacial score (nSPS) is 12.7. The van der Waals surface area contributed by atoms with E-state index < -0.39 is 0 Å². The van der Waals surface area contributed by atoms with Gasteiger partial charge in [-0.15, -0.1) is 0 Å². The van der Waals surface area contributed by atoms with Crippen molar-refractivity contribution >= 4 is 28.4 Å². The van der Waals surface area contributed by atoms with Gasteiger partial charge in [0.2, 0.25) is 0 Å². The zero-order valence-corrected chi connectivity index (χ0v) is 11.2. The third kappa shape index (κ3) is 3.57. The van der Waals surface area contributed by atoms with Crippen LogP contribution < -0.4 is 5.73 Å². The van der Waals surface area contributed by atoms with Gasteiger partial charge in [0.05, 0.1) is 3.57 Å². The number of anilines is 1. The molecule has 1 aromatic heterocycles. The lowest BCUT2D eigenvalue weighted by molar-refractivity contribution is 0.0494. The predicted octanol–water partition coefficient (Wildman–Crippen LogP) is 2.54. The molecule has 0 bridgehead atoms. The molecule has 0 fully saturated rings. The number of nitrogens with two attached hydrogens (primary N) is 1. The summed E-state index contributed by atoms with van der Waals surface area (Å²) in [4.78, 5) is 8.50. The van der Waals surface area contributed by atoms with Crippen LogP contribution >= 0.6 is 22.6 Å². The van der Waals surface area contributed by atoms with E-state index in [1.807, 2.05) is 6.92 Å². The Morgan fingerprint density at radius 2 is 2.27 bits per heavy atom. The monoisotopic (exact) mass is 321 g/mol. The first-order valence-electron chi connectivity index (χ1n) is 5.08. The minimum Gasteiger partial charge on any atom is -0.383 e. The SMILES string of the molecule is CCCC(OCC)c1ncc(I)c(N)n1. The highest BCUT2D eigenvalue weighted by Crippen LogP contribution is 2.21. The molecule has 0 saturated heterocycles. The molecule has 0 aliphatic rings. The molecule has 1 unspecified atom stereocenters. The number of rotatable bonds is 5. The van der Waals surface area contributed by atoms with Crippen LogP contribution in [0.1, 0.15) is 38.6 Å². The number of halogens is 1. The summed E-state index contributed by atoms with van der Waals surface area (Å²) in [5.41, 5.74) is 5.74. The Kier molecular flexibility index (Phi) is 5.24. The molecule has 0 amide bonds. The van der Waals surface area contributed by atoms with Gasteiger partial charge in [0.15, 0.2) is 5.82 Å². The average Bonchev–Trinajstić information content (AvgIpc) is 2.22. The van der Waals surface area contributed by atoms with Crippen LogP contribution in [0.15, 0.2) is 6.20 Å². The number of ether oxygens (including phenoxy) is 1. The molecular formula is C10H16IN3O. The average molecular weight is 321 g/mol. The number of aromatic nitrogens is 2. The lowest BCUT2D eigenvalue weighted by atomic mass is 10.2. The molecule has 0 aliphatic carbocycles. The molecule has 4 nitrogen and oxygen atoms in total. The molecule has 5 heteroatoms. The second-order valence-electron chi connectivity index (χ2n) is 3.19. The Morgan fingerprint density at radius 1 is 1.53 bits per heavy atom. The summed E-state index contributed by atoms with van der Waals surface area (Å²) in [6, 6.07) is 0. The van der Waals surface area contributed by atoms with E-state index >= 15 is 0 Å².